The van der Waals surface area contributed by atoms with Gasteiger partial charge in [-0.1, -0.05) is 17.7 Å². The number of aryl methyl sites for hydroxylation is 1. The maximum absolute atomic E-state index is 13.1. The zero-order valence-electron chi connectivity index (χ0n) is 24.2. The van der Waals surface area contributed by atoms with Gasteiger partial charge in [-0.05, 0) is 88.8 Å². The largest absolute Gasteiger partial charge is 0.493 e. The van der Waals surface area contributed by atoms with Crippen LogP contribution in [0.5, 0.6) is 11.5 Å². The summed E-state index contributed by atoms with van der Waals surface area (Å²) in [6, 6.07) is 12.3. The third-order valence-electron chi connectivity index (χ3n) is 7.82. The fraction of sp³-hybridized carbons (Fsp3) is 0.500. The Labute approximate surface area is 242 Å². The Morgan fingerprint density at radius 1 is 1.02 bits per heavy atom. The number of hydrogen-bond donors (Lipinski definition) is 1. The molecule has 3 unspecified atom stereocenters. The Morgan fingerprint density at radius 2 is 1.73 bits per heavy atom. The van der Waals surface area contributed by atoms with E-state index in [0.717, 1.165) is 24.8 Å². The summed E-state index contributed by atoms with van der Waals surface area (Å²) in [6.07, 6.45) is 5.76. The first kappa shape index (κ1) is 30.5. The van der Waals surface area contributed by atoms with Gasteiger partial charge < -0.3 is 14.4 Å². The van der Waals surface area contributed by atoms with Gasteiger partial charge in [-0.2, -0.15) is 9.41 Å². The molecule has 0 aliphatic carbocycles. The van der Waals surface area contributed by atoms with Crippen molar-refractivity contribution in [2.24, 2.45) is 11.0 Å². The number of hydrazone groups is 1. The summed E-state index contributed by atoms with van der Waals surface area (Å²) < 4.78 is 38.8. The molecule has 41 heavy (non-hydrogen) atoms. The van der Waals surface area contributed by atoms with Crippen LogP contribution in [0.25, 0.3) is 0 Å². The second-order valence-electron chi connectivity index (χ2n) is 10.9. The fourth-order valence-electron chi connectivity index (χ4n) is 5.51. The number of nitrogens with zero attached hydrogens (tertiary/aromatic N) is 3. The topological polar surface area (TPSA) is 118 Å². The minimum atomic E-state index is -3.68. The molecular weight excluding hydrogens is 544 g/mol. The molecule has 3 atom stereocenters. The lowest BCUT2D eigenvalue weighted by molar-refractivity contribution is -0.139. The number of benzene rings is 2. The molecule has 4 rings (SSSR count). The van der Waals surface area contributed by atoms with E-state index in [4.69, 9.17) is 9.47 Å². The number of piperidine rings is 2. The summed E-state index contributed by atoms with van der Waals surface area (Å²) in [5.74, 6) is -0.00694. The van der Waals surface area contributed by atoms with Gasteiger partial charge >= 0.3 is 0 Å². The molecule has 2 fully saturated rings. The number of ether oxygens (including phenoxy) is 2. The molecule has 222 valence electrons. The predicted molar refractivity (Wildman–Crippen MR) is 157 cm³/mol. The number of rotatable bonds is 9. The number of amides is 2. The lowest BCUT2D eigenvalue weighted by Gasteiger charge is -2.39. The predicted octanol–water partition coefficient (Wildman–Crippen LogP) is 3.72. The average Bonchev–Trinajstić information content (AvgIpc) is 2.96. The van der Waals surface area contributed by atoms with Gasteiger partial charge in [-0.3, -0.25) is 9.59 Å². The molecule has 2 aliphatic heterocycles. The van der Waals surface area contributed by atoms with Gasteiger partial charge in [0.1, 0.15) is 0 Å². The van der Waals surface area contributed by atoms with Crippen molar-refractivity contribution in [3.63, 3.8) is 0 Å². The molecule has 0 radical (unpaired) electrons. The van der Waals surface area contributed by atoms with Gasteiger partial charge in [-0.25, -0.2) is 13.8 Å². The van der Waals surface area contributed by atoms with Crippen LogP contribution < -0.4 is 14.9 Å². The molecule has 2 heterocycles. The normalized spacial score (nSPS) is 22.0. The van der Waals surface area contributed by atoms with Gasteiger partial charge in [0.15, 0.2) is 18.1 Å². The Kier molecular flexibility index (Phi) is 10.0. The van der Waals surface area contributed by atoms with E-state index in [0.29, 0.717) is 36.4 Å². The van der Waals surface area contributed by atoms with Crippen LogP contribution in [0.4, 0.5) is 0 Å². The first-order chi connectivity index (χ1) is 19.6. The van der Waals surface area contributed by atoms with E-state index < -0.39 is 15.9 Å². The van der Waals surface area contributed by atoms with Crippen LogP contribution in [-0.2, 0) is 19.6 Å². The Balaban J connectivity index is 1.32. The van der Waals surface area contributed by atoms with Gasteiger partial charge in [-0.15, -0.1) is 0 Å². The highest BCUT2D eigenvalue weighted by Gasteiger charge is 2.33. The summed E-state index contributed by atoms with van der Waals surface area (Å²) in [5.41, 5.74) is 4.18. The van der Waals surface area contributed by atoms with Crippen molar-refractivity contribution in [1.82, 2.24) is 14.6 Å². The minimum Gasteiger partial charge on any atom is -0.493 e. The van der Waals surface area contributed by atoms with Crippen molar-refractivity contribution < 1.29 is 27.5 Å². The smallest absolute Gasteiger partial charge is 0.260 e. The number of nitrogens with one attached hydrogen (secondary N) is 1. The molecule has 0 spiro atoms. The SMILES string of the molecule is COc1cc(/C=N/NC(=O)C2CCCN(S(=O)(=O)c3ccc(C)cc3)C2)ccc1OCC(=O)N1C(C)CCCC1C. The van der Waals surface area contributed by atoms with E-state index in [1.54, 1.807) is 42.5 Å². The van der Waals surface area contributed by atoms with Crippen LogP contribution in [0.1, 0.15) is 57.1 Å². The van der Waals surface area contributed by atoms with Gasteiger partial charge in [0.25, 0.3) is 5.91 Å². The van der Waals surface area contributed by atoms with Gasteiger partial charge in [0, 0.05) is 25.2 Å². The lowest BCUT2D eigenvalue weighted by Crippen LogP contribution is -2.49. The van der Waals surface area contributed by atoms with Gasteiger partial charge in [0.05, 0.1) is 24.1 Å². The summed E-state index contributed by atoms with van der Waals surface area (Å²) in [5, 5.41) is 4.08. The molecule has 0 saturated carbocycles. The maximum atomic E-state index is 13.1. The summed E-state index contributed by atoms with van der Waals surface area (Å²) in [4.78, 5) is 27.8. The zero-order valence-corrected chi connectivity index (χ0v) is 25.0. The lowest BCUT2D eigenvalue weighted by atomic mass is 9.97. The number of sulfonamides is 1. The molecule has 2 saturated heterocycles. The molecule has 0 aromatic heterocycles. The van der Waals surface area contributed by atoms with Crippen molar-refractivity contribution >= 4 is 28.1 Å². The van der Waals surface area contributed by atoms with E-state index >= 15 is 0 Å². The highest BCUT2D eigenvalue weighted by molar-refractivity contribution is 7.89. The van der Waals surface area contributed by atoms with Crippen molar-refractivity contribution in [1.29, 1.82) is 0 Å². The summed E-state index contributed by atoms with van der Waals surface area (Å²) in [6.45, 7) is 6.44. The first-order valence-electron chi connectivity index (χ1n) is 14.1. The van der Waals surface area contributed by atoms with Crippen molar-refractivity contribution in [3.8, 4) is 11.5 Å². The number of hydrogen-bond acceptors (Lipinski definition) is 7. The highest BCUT2D eigenvalue weighted by Crippen LogP contribution is 2.29. The zero-order chi connectivity index (χ0) is 29.6. The number of likely N-dealkylation sites (tertiary alicyclic amines) is 1. The number of carbonyl (C=O) groups is 2. The Hall–Kier alpha value is -3.44. The summed E-state index contributed by atoms with van der Waals surface area (Å²) >= 11 is 0. The van der Waals surface area contributed by atoms with Crippen LogP contribution >= 0.6 is 0 Å². The highest BCUT2D eigenvalue weighted by atomic mass is 32.2. The number of methoxy groups -OCH3 is 1. The average molecular weight is 585 g/mol. The second-order valence-corrected chi connectivity index (χ2v) is 12.8. The van der Waals surface area contributed by atoms with E-state index in [9.17, 15) is 18.0 Å². The monoisotopic (exact) mass is 584 g/mol. The van der Waals surface area contributed by atoms with Crippen molar-refractivity contribution in [3.05, 3.63) is 53.6 Å². The summed E-state index contributed by atoms with van der Waals surface area (Å²) in [7, 11) is -2.16. The Morgan fingerprint density at radius 3 is 2.41 bits per heavy atom. The first-order valence-corrected chi connectivity index (χ1v) is 15.6. The molecule has 2 aliphatic rings. The fourth-order valence-corrected chi connectivity index (χ4v) is 7.03. The van der Waals surface area contributed by atoms with E-state index in [1.165, 1.54) is 17.6 Å². The standard InChI is InChI=1S/C30H40N4O6S/c1-21-10-13-26(14-11-21)41(37,38)33-16-6-9-25(19-33)30(36)32-31-18-24-12-15-27(28(17-24)39-4)40-20-29(35)34-22(2)7-5-8-23(34)3/h10-15,17-18,22-23,25H,5-9,16,19-20H2,1-4H3,(H,32,36)/b31-18+. The molecule has 1 N–H and O–H groups in total. The minimum absolute atomic E-state index is 0.0481. The Bertz CT molecular complexity index is 1350. The van der Waals surface area contributed by atoms with Crippen molar-refractivity contribution in [2.45, 2.75) is 69.9 Å². The van der Waals surface area contributed by atoms with Crippen molar-refractivity contribution in [2.75, 3.05) is 26.8 Å². The number of carbonyl (C=O) groups excluding carboxylic acids is 2. The maximum Gasteiger partial charge on any atom is 0.260 e. The second kappa shape index (κ2) is 13.5. The molecule has 2 aromatic carbocycles. The third-order valence-corrected chi connectivity index (χ3v) is 9.70. The third kappa shape index (κ3) is 7.45. The van der Waals surface area contributed by atoms with E-state index in [1.807, 2.05) is 11.8 Å². The van der Waals surface area contributed by atoms with Crippen LogP contribution in [0.2, 0.25) is 0 Å². The molecular formula is C30H40N4O6S. The van der Waals surface area contributed by atoms with E-state index in [2.05, 4.69) is 24.4 Å². The molecule has 0 bridgehead atoms. The molecule has 2 amide bonds. The molecule has 11 heteroatoms. The van der Waals surface area contributed by atoms with Crippen LogP contribution in [-0.4, -0.2) is 74.5 Å². The van der Waals surface area contributed by atoms with Crippen LogP contribution in [0.3, 0.4) is 0 Å². The molecule has 10 nitrogen and oxygen atoms in total. The van der Waals surface area contributed by atoms with Gasteiger partial charge in [0.2, 0.25) is 15.9 Å². The molecule has 2 aromatic rings. The van der Waals surface area contributed by atoms with Crippen LogP contribution in [0, 0.1) is 12.8 Å². The quantitative estimate of drug-likeness (QED) is 0.355. The van der Waals surface area contributed by atoms with E-state index in [-0.39, 0.29) is 41.9 Å². The van der Waals surface area contributed by atoms with Crippen LogP contribution in [0.15, 0.2) is 52.5 Å².